The predicted octanol–water partition coefficient (Wildman–Crippen LogP) is 1.57. The lowest BCUT2D eigenvalue weighted by atomic mass is 10.1. The van der Waals surface area contributed by atoms with Crippen molar-refractivity contribution in [2.45, 2.75) is 24.9 Å². The van der Waals surface area contributed by atoms with Crippen molar-refractivity contribution in [3.63, 3.8) is 0 Å². The van der Waals surface area contributed by atoms with Crippen molar-refractivity contribution in [2.24, 2.45) is 17.8 Å². The molecule has 5 rings (SSSR count). The van der Waals surface area contributed by atoms with Crippen LogP contribution in [0.15, 0.2) is 12.1 Å². The molecule has 1 aromatic rings. The first-order valence-electron chi connectivity index (χ1n) is 9.69. The van der Waals surface area contributed by atoms with Crippen LogP contribution in [0.25, 0.3) is 0 Å². The second-order valence-electron chi connectivity index (χ2n) is 8.39. The van der Waals surface area contributed by atoms with Crippen LogP contribution in [-0.4, -0.2) is 51.1 Å². The highest BCUT2D eigenvalue weighted by Gasteiger charge is 2.60. The fourth-order valence-electron chi connectivity index (χ4n) is 4.57. The zero-order valence-electron chi connectivity index (χ0n) is 15.4. The van der Waals surface area contributed by atoms with Crippen LogP contribution >= 0.6 is 0 Å². The van der Waals surface area contributed by atoms with Crippen LogP contribution in [-0.2, 0) is 19.4 Å². The number of anilines is 1. The molecule has 2 saturated heterocycles. The van der Waals surface area contributed by atoms with Gasteiger partial charge in [-0.05, 0) is 42.7 Å². The third kappa shape index (κ3) is 3.37. The maximum Gasteiger partial charge on any atom is 0.414 e. The summed E-state index contributed by atoms with van der Waals surface area (Å²) in [5.41, 5.74) is -0.0531. The number of benzene rings is 1. The Morgan fingerprint density at radius 3 is 2.38 bits per heavy atom. The molecule has 2 heterocycles. The minimum absolute atomic E-state index is 0.0321. The molecule has 4 fully saturated rings. The summed E-state index contributed by atoms with van der Waals surface area (Å²) in [5, 5.41) is 2.72. The summed E-state index contributed by atoms with van der Waals surface area (Å²) in [6.07, 6.45) is 0.407. The van der Waals surface area contributed by atoms with E-state index in [1.165, 1.54) is 0 Å². The van der Waals surface area contributed by atoms with Crippen molar-refractivity contribution in [3.8, 4) is 0 Å². The Hall–Kier alpha value is -2.23. The van der Waals surface area contributed by atoms with Crippen LogP contribution in [0, 0.1) is 29.4 Å². The van der Waals surface area contributed by atoms with Crippen molar-refractivity contribution in [3.05, 3.63) is 29.3 Å². The van der Waals surface area contributed by atoms with Crippen molar-refractivity contribution >= 4 is 27.5 Å². The molecule has 29 heavy (non-hydrogen) atoms. The first-order valence-corrected chi connectivity index (χ1v) is 11.5. The van der Waals surface area contributed by atoms with Crippen LogP contribution in [0.2, 0.25) is 0 Å². The molecular weight excluding hydrogens is 406 g/mol. The molecule has 0 bridgehead atoms. The Kier molecular flexibility index (Phi) is 4.13. The van der Waals surface area contributed by atoms with E-state index in [0.717, 1.165) is 29.9 Å². The maximum absolute atomic E-state index is 14.7. The fraction of sp³-hybridized carbons (Fsp3) is 0.579. The van der Waals surface area contributed by atoms with Gasteiger partial charge in [0.05, 0.1) is 30.3 Å². The van der Waals surface area contributed by atoms with Crippen molar-refractivity contribution in [1.29, 1.82) is 0 Å². The van der Waals surface area contributed by atoms with Gasteiger partial charge in [0.25, 0.3) is 0 Å². The Morgan fingerprint density at radius 1 is 1.17 bits per heavy atom. The number of nitrogens with zero attached hydrogens (tertiary/aromatic N) is 1. The first-order chi connectivity index (χ1) is 13.7. The molecule has 4 atom stereocenters. The molecule has 2 amide bonds. The predicted molar refractivity (Wildman–Crippen MR) is 98.1 cm³/mol. The van der Waals surface area contributed by atoms with E-state index in [2.05, 4.69) is 5.32 Å². The third-order valence-electron chi connectivity index (χ3n) is 6.26. The lowest BCUT2D eigenvalue weighted by Gasteiger charge is -2.16. The van der Waals surface area contributed by atoms with Gasteiger partial charge in [0, 0.05) is 11.5 Å². The fourth-order valence-corrected chi connectivity index (χ4v) is 6.79. The number of hydrogen-bond acceptors (Lipinski definition) is 5. The molecule has 0 radical (unpaired) electrons. The quantitative estimate of drug-likeness (QED) is 0.772. The zero-order chi connectivity index (χ0) is 20.5. The molecule has 10 heteroatoms. The van der Waals surface area contributed by atoms with Gasteiger partial charge in [0.15, 0.2) is 9.84 Å². The molecule has 4 aliphatic rings. The number of ether oxygens (including phenoxy) is 1. The SMILES string of the molecule is O=C(NC[C@H]1CN(c2cc(F)c(C3[C@H]4CS(=O)(=O)C[C@@H]34)c(F)c2)C(=O)O1)C1CC1. The highest BCUT2D eigenvalue weighted by molar-refractivity contribution is 7.91. The molecule has 2 saturated carbocycles. The summed E-state index contributed by atoms with van der Waals surface area (Å²) in [7, 11) is -3.10. The number of halogens is 2. The molecule has 2 aliphatic heterocycles. The zero-order valence-corrected chi connectivity index (χ0v) is 16.3. The summed E-state index contributed by atoms with van der Waals surface area (Å²) in [5.74, 6) is -2.55. The van der Waals surface area contributed by atoms with Crippen molar-refractivity contribution in [1.82, 2.24) is 5.32 Å². The molecule has 0 spiro atoms. The summed E-state index contributed by atoms with van der Waals surface area (Å²) in [4.78, 5) is 25.0. The van der Waals surface area contributed by atoms with Gasteiger partial charge in [-0.15, -0.1) is 0 Å². The Balaban J connectivity index is 1.28. The van der Waals surface area contributed by atoms with Gasteiger partial charge in [-0.2, -0.15) is 0 Å². The topological polar surface area (TPSA) is 92.8 Å². The number of fused-ring (bicyclic) bond motifs is 1. The van der Waals surface area contributed by atoms with E-state index < -0.39 is 39.6 Å². The highest BCUT2D eigenvalue weighted by atomic mass is 32.2. The Bertz CT molecular complexity index is 969. The monoisotopic (exact) mass is 426 g/mol. The average Bonchev–Trinajstić information content (AvgIpc) is 3.51. The van der Waals surface area contributed by atoms with Crippen molar-refractivity contribution < 1.29 is 31.5 Å². The minimum Gasteiger partial charge on any atom is -0.442 e. The average molecular weight is 426 g/mol. The number of carbonyl (C=O) groups is 2. The summed E-state index contributed by atoms with van der Waals surface area (Å²) >= 11 is 0. The van der Waals surface area contributed by atoms with E-state index in [9.17, 15) is 26.8 Å². The van der Waals surface area contributed by atoms with Crippen LogP contribution in [0.1, 0.15) is 24.3 Å². The van der Waals surface area contributed by atoms with Crippen molar-refractivity contribution in [2.75, 3.05) is 29.5 Å². The van der Waals surface area contributed by atoms with E-state index in [1.54, 1.807) is 0 Å². The number of hydrogen-bond donors (Lipinski definition) is 1. The van der Waals surface area contributed by atoms with Gasteiger partial charge in [-0.25, -0.2) is 22.0 Å². The van der Waals surface area contributed by atoms with E-state index in [4.69, 9.17) is 4.74 Å². The molecule has 1 unspecified atom stereocenters. The molecule has 1 N–H and O–H groups in total. The number of nitrogens with one attached hydrogen (secondary N) is 1. The van der Waals surface area contributed by atoms with E-state index in [-0.39, 0.29) is 59.5 Å². The number of cyclic esters (lactones) is 1. The summed E-state index contributed by atoms with van der Waals surface area (Å²) < 4.78 is 57.8. The van der Waals surface area contributed by atoms with E-state index in [0.29, 0.717) is 0 Å². The lowest BCUT2D eigenvalue weighted by molar-refractivity contribution is -0.122. The van der Waals surface area contributed by atoms with Crippen LogP contribution < -0.4 is 10.2 Å². The van der Waals surface area contributed by atoms with Gasteiger partial charge in [-0.1, -0.05) is 0 Å². The van der Waals surface area contributed by atoms with Gasteiger partial charge in [0.1, 0.15) is 17.7 Å². The van der Waals surface area contributed by atoms with Crippen LogP contribution in [0.3, 0.4) is 0 Å². The molecule has 0 aromatic heterocycles. The summed E-state index contributed by atoms with van der Waals surface area (Å²) in [6, 6.07) is 2.18. The van der Waals surface area contributed by atoms with Gasteiger partial charge in [-0.3, -0.25) is 9.69 Å². The number of sulfone groups is 1. The van der Waals surface area contributed by atoms with Crippen LogP contribution in [0.4, 0.5) is 19.3 Å². The number of amides is 2. The number of rotatable bonds is 5. The molecule has 156 valence electrons. The molecule has 2 aliphatic carbocycles. The third-order valence-corrected chi connectivity index (χ3v) is 8.04. The Labute approximate surface area is 166 Å². The normalized spacial score (nSPS) is 32.1. The van der Waals surface area contributed by atoms with E-state index in [1.807, 2.05) is 0 Å². The molecule has 7 nitrogen and oxygen atoms in total. The highest BCUT2D eigenvalue weighted by Crippen LogP contribution is 2.60. The second-order valence-corrected chi connectivity index (χ2v) is 10.5. The standard InChI is InChI=1S/C19H20F2N2O5S/c20-14-3-10(4-15(21)17(14)16-12-7-29(26,27)8-13(12)16)23-6-11(28-19(23)25)5-22-18(24)9-1-2-9/h3-4,9,11-13,16H,1-2,5-8H2,(H,22,24)/t11-,12-,13+,16?/m0/s1. The molecular formula is C19H20F2N2O5S. The largest absolute Gasteiger partial charge is 0.442 e. The van der Waals surface area contributed by atoms with Gasteiger partial charge in [0.2, 0.25) is 5.91 Å². The lowest BCUT2D eigenvalue weighted by Crippen LogP contribution is -2.35. The second kappa shape index (κ2) is 6.38. The minimum atomic E-state index is -3.10. The van der Waals surface area contributed by atoms with Crippen LogP contribution in [0.5, 0.6) is 0 Å². The summed E-state index contributed by atoms with van der Waals surface area (Å²) in [6.45, 7) is 0.232. The Morgan fingerprint density at radius 2 is 1.79 bits per heavy atom. The van der Waals surface area contributed by atoms with E-state index >= 15 is 0 Å². The van der Waals surface area contributed by atoms with Gasteiger partial charge >= 0.3 is 6.09 Å². The first kappa shape index (κ1) is 18.8. The molecule has 1 aromatic carbocycles. The van der Waals surface area contributed by atoms with Gasteiger partial charge < -0.3 is 10.1 Å². The maximum atomic E-state index is 14.7. The number of carbonyl (C=O) groups excluding carboxylic acids is 2. The smallest absolute Gasteiger partial charge is 0.414 e.